The lowest BCUT2D eigenvalue weighted by Gasteiger charge is -2.40. The topological polar surface area (TPSA) is 90.8 Å². The van der Waals surface area contributed by atoms with Crippen molar-refractivity contribution in [1.29, 1.82) is 0 Å². The molecule has 9 nitrogen and oxygen atoms in total. The normalized spacial score (nSPS) is 19.4. The van der Waals surface area contributed by atoms with E-state index in [1.165, 1.54) is 0 Å². The summed E-state index contributed by atoms with van der Waals surface area (Å²) in [5.41, 5.74) is 2.07. The predicted molar refractivity (Wildman–Crippen MR) is 177 cm³/mol. The number of rotatable bonds is 9. The van der Waals surface area contributed by atoms with Crippen molar-refractivity contribution >= 4 is 73.2 Å². The van der Waals surface area contributed by atoms with Crippen LogP contribution in [0.1, 0.15) is 24.3 Å². The second kappa shape index (κ2) is 18.5. The zero-order valence-electron chi connectivity index (χ0n) is 24.3. The summed E-state index contributed by atoms with van der Waals surface area (Å²) in [6, 6.07) is 7.01. The van der Waals surface area contributed by atoms with E-state index < -0.39 is 17.9 Å². The van der Waals surface area contributed by atoms with E-state index in [1.807, 2.05) is 11.9 Å². The van der Waals surface area contributed by atoms with Crippen molar-refractivity contribution in [2.45, 2.75) is 18.8 Å². The number of carboxylic acids is 2. The average Bonchev–Trinajstić information content (AvgIpc) is 2.88. The highest BCUT2D eigenvalue weighted by Crippen LogP contribution is 2.45. The van der Waals surface area contributed by atoms with Gasteiger partial charge in [-0.1, -0.05) is 29.8 Å². The van der Waals surface area contributed by atoms with Gasteiger partial charge in [-0.3, -0.25) is 0 Å². The molecule has 0 atom stereocenters. The lowest BCUT2D eigenvalue weighted by atomic mass is 9.78. The van der Waals surface area contributed by atoms with Crippen molar-refractivity contribution < 1.29 is 19.8 Å². The third kappa shape index (κ3) is 9.61. The fourth-order valence-electron chi connectivity index (χ4n) is 5.79. The number of halogens is 5. The van der Waals surface area contributed by atoms with Gasteiger partial charge in [-0.05, 0) is 25.7 Å². The van der Waals surface area contributed by atoms with Gasteiger partial charge in [0.2, 0.25) is 0 Å². The van der Waals surface area contributed by atoms with E-state index in [0.717, 1.165) is 52.4 Å². The van der Waals surface area contributed by atoms with Gasteiger partial charge in [0.05, 0.1) is 17.1 Å². The third-order valence-corrected chi connectivity index (χ3v) is 8.55. The van der Waals surface area contributed by atoms with Gasteiger partial charge in [0, 0.05) is 102 Å². The summed E-state index contributed by atoms with van der Waals surface area (Å²) in [4.78, 5) is 36.8. The molecule has 3 aliphatic heterocycles. The minimum absolute atomic E-state index is 0. The van der Waals surface area contributed by atoms with Gasteiger partial charge in [-0.2, -0.15) is 0 Å². The molecule has 2 saturated heterocycles. The molecule has 0 aliphatic carbocycles. The van der Waals surface area contributed by atoms with E-state index in [9.17, 15) is 19.8 Å². The zero-order valence-corrected chi connectivity index (χ0v) is 28.4. The molecule has 42 heavy (non-hydrogen) atoms. The SMILES string of the molecule is CN1CCN(CCC2=C(C(=O)O)C(c3ccccc3Cl)C(C(=O)O)=C(CCN3CCN(C)CC3)N2C)CC1.Cl.Cl.Cl.Cl. The average molecular weight is 692 g/mol. The van der Waals surface area contributed by atoms with Crippen molar-refractivity contribution in [2.75, 3.05) is 86.6 Å². The number of carboxylic acid groups (broad SMARTS) is 2. The highest BCUT2D eigenvalue weighted by atomic mass is 35.5. The van der Waals surface area contributed by atoms with E-state index in [4.69, 9.17) is 11.6 Å². The lowest BCUT2D eigenvalue weighted by molar-refractivity contribution is -0.133. The van der Waals surface area contributed by atoms with E-state index in [2.05, 4.69) is 33.7 Å². The monoisotopic (exact) mass is 689 g/mol. The summed E-state index contributed by atoms with van der Waals surface area (Å²) in [5.74, 6) is -3.15. The Balaban J connectivity index is 0.00000420. The Labute approximate surface area is 279 Å². The Morgan fingerprint density at radius 3 is 1.45 bits per heavy atom. The number of carbonyl (C=O) groups is 2. The maximum atomic E-state index is 12.8. The van der Waals surface area contributed by atoms with Crippen LogP contribution in [0.5, 0.6) is 0 Å². The Bertz CT molecular complexity index is 1040. The van der Waals surface area contributed by atoms with E-state index >= 15 is 0 Å². The van der Waals surface area contributed by atoms with Crippen LogP contribution >= 0.6 is 61.2 Å². The highest BCUT2D eigenvalue weighted by Gasteiger charge is 2.41. The largest absolute Gasteiger partial charge is 0.478 e. The summed E-state index contributed by atoms with van der Waals surface area (Å²) in [6.07, 6.45) is 1.04. The number of hydrogen-bond acceptors (Lipinski definition) is 7. The van der Waals surface area contributed by atoms with Crippen LogP contribution < -0.4 is 0 Å². The molecule has 4 rings (SSSR count). The van der Waals surface area contributed by atoms with Crippen molar-refractivity contribution in [3.8, 4) is 0 Å². The summed E-state index contributed by atoms with van der Waals surface area (Å²) in [7, 11) is 6.04. The molecular weight excluding hydrogens is 648 g/mol. The zero-order chi connectivity index (χ0) is 27.4. The number of piperazine rings is 2. The Morgan fingerprint density at radius 1 is 0.714 bits per heavy atom. The second-order valence-corrected chi connectivity index (χ2v) is 11.0. The van der Waals surface area contributed by atoms with Crippen LogP contribution in [0.25, 0.3) is 0 Å². The standard InChI is InChI=1S/C28H40ClN5O4.4ClH/c1-30-12-16-33(17-13-30)10-8-22-25(27(35)36)24(20-6-4-5-7-21(20)29)26(28(37)38)23(32(22)3)9-11-34-18-14-31(2)15-19-34;;;;/h4-7,24H,8-19H2,1-3H3,(H,35,36)(H,37,38);4*1H. The predicted octanol–water partition coefficient (Wildman–Crippen LogP) is 4.01. The second-order valence-electron chi connectivity index (χ2n) is 10.6. The molecule has 0 spiro atoms. The first-order valence-corrected chi connectivity index (χ1v) is 13.8. The number of likely N-dealkylation sites (N-methyl/N-ethyl adjacent to an activating group) is 2. The fourth-order valence-corrected chi connectivity index (χ4v) is 6.04. The van der Waals surface area contributed by atoms with Crippen molar-refractivity contribution in [3.05, 3.63) is 57.4 Å². The van der Waals surface area contributed by atoms with Crippen molar-refractivity contribution in [1.82, 2.24) is 24.5 Å². The first kappa shape index (κ1) is 40.7. The molecule has 0 bridgehead atoms. The molecule has 0 unspecified atom stereocenters. The van der Waals surface area contributed by atoms with Gasteiger partial charge in [0.25, 0.3) is 0 Å². The van der Waals surface area contributed by atoms with Gasteiger partial charge in [0.15, 0.2) is 0 Å². The molecule has 1 aromatic rings. The summed E-state index contributed by atoms with van der Waals surface area (Å²) in [6.45, 7) is 9.04. The van der Waals surface area contributed by atoms with E-state index in [-0.39, 0.29) is 60.8 Å². The minimum atomic E-state index is -1.10. The van der Waals surface area contributed by atoms with Crippen LogP contribution in [0.15, 0.2) is 46.8 Å². The molecule has 3 heterocycles. The Kier molecular flexibility index (Phi) is 18.0. The van der Waals surface area contributed by atoms with Gasteiger partial charge >= 0.3 is 11.9 Å². The minimum Gasteiger partial charge on any atom is -0.478 e. The molecule has 0 radical (unpaired) electrons. The van der Waals surface area contributed by atoms with Gasteiger partial charge in [0.1, 0.15) is 0 Å². The molecular formula is C28H44Cl5N5O4. The first-order chi connectivity index (χ1) is 18.2. The molecule has 0 aromatic heterocycles. The van der Waals surface area contributed by atoms with Crippen molar-refractivity contribution in [2.24, 2.45) is 0 Å². The molecule has 3 aliphatic rings. The van der Waals surface area contributed by atoms with Crippen molar-refractivity contribution in [3.63, 3.8) is 0 Å². The maximum absolute atomic E-state index is 12.8. The molecule has 0 amide bonds. The quantitative estimate of drug-likeness (QED) is 0.399. The molecule has 1 aromatic carbocycles. The number of nitrogens with zero attached hydrogens (tertiary/aromatic N) is 5. The van der Waals surface area contributed by atoms with E-state index in [1.54, 1.807) is 24.3 Å². The molecule has 14 heteroatoms. The van der Waals surface area contributed by atoms with Gasteiger partial charge in [-0.15, -0.1) is 49.6 Å². The summed E-state index contributed by atoms with van der Waals surface area (Å²) < 4.78 is 0. The Hall–Kier alpha value is -1.27. The van der Waals surface area contributed by atoms with Gasteiger partial charge < -0.3 is 34.7 Å². The van der Waals surface area contributed by atoms with Gasteiger partial charge in [-0.25, -0.2) is 9.59 Å². The van der Waals surface area contributed by atoms with Crippen LogP contribution in [-0.4, -0.2) is 133 Å². The molecule has 2 N–H and O–H groups in total. The molecule has 240 valence electrons. The van der Waals surface area contributed by atoms with Crippen LogP contribution in [0.3, 0.4) is 0 Å². The molecule has 0 saturated carbocycles. The van der Waals surface area contributed by atoms with Crippen LogP contribution in [0.2, 0.25) is 5.02 Å². The fraction of sp³-hybridized carbons (Fsp3) is 0.571. The Morgan fingerprint density at radius 2 is 1.10 bits per heavy atom. The van der Waals surface area contributed by atoms with Crippen LogP contribution in [0.4, 0.5) is 0 Å². The first-order valence-electron chi connectivity index (χ1n) is 13.4. The number of hydrogen-bond donors (Lipinski definition) is 2. The number of aliphatic carboxylic acids is 2. The number of benzene rings is 1. The van der Waals surface area contributed by atoms with Crippen LogP contribution in [0, 0.1) is 0 Å². The third-order valence-electron chi connectivity index (χ3n) is 8.21. The summed E-state index contributed by atoms with van der Waals surface area (Å²) >= 11 is 6.58. The lowest BCUT2D eigenvalue weighted by Crippen LogP contribution is -2.46. The smallest absolute Gasteiger partial charge is 0.334 e. The van der Waals surface area contributed by atoms with E-state index in [0.29, 0.717) is 47.9 Å². The maximum Gasteiger partial charge on any atom is 0.334 e. The summed E-state index contributed by atoms with van der Waals surface area (Å²) in [5, 5.41) is 21.3. The molecule has 2 fully saturated rings. The van der Waals surface area contributed by atoms with Crippen LogP contribution in [-0.2, 0) is 9.59 Å². The highest BCUT2D eigenvalue weighted by molar-refractivity contribution is 6.31.